The van der Waals surface area contributed by atoms with E-state index in [0.717, 1.165) is 6.92 Å². The standard InChI is InChI=1S/C26H42Cl3NO11Si/c1-8-42(9-2,10-3)41-17-11-24(30-22(33)26(27,28)29)18(16-12-37-23(5,6)40-16)19(25(17,34)13-36-14-35-7)39-21(32)20(24)38-15(4)31/h16-20,34H,8-14H2,1-7H3,(H,30,33)/t16-,17?,18+,19-,20-,24+,25-/m1/s1. The van der Waals surface area contributed by atoms with Gasteiger partial charge >= 0.3 is 11.9 Å². The molecule has 42 heavy (non-hydrogen) atoms. The molecule has 1 unspecified atom stereocenters. The molecule has 0 aromatic carbocycles. The topological polar surface area (TPSA) is 148 Å². The van der Waals surface area contributed by atoms with Crippen molar-refractivity contribution in [2.45, 2.75) is 111 Å². The summed E-state index contributed by atoms with van der Waals surface area (Å²) >= 11 is 18.0. The zero-order valence-corrected chi connectivity index (χ0v) is 28.3. The van der Waals surface area contributed by atoms with Crippen molar-refractivity contribution in [3.05, 3.63) is 0 Å². The predicted molar refractivity (Wildman–Crippen MR) is 154 cm³/mol. The second kappa shape index (κ2) is 13.3. The van der Waals surface area contributed by atoms with Crippen LogP contribution in [0.15, 0.2) is 0 Å². The summed E-state index contributed by atoms with van der Waals surface area (Å²) in [6.45, 7) is 10.0. The lowest BCUT2D eigenvalue weighted by atomic mass is 9.58. The quantitative estimate of drug-likeness (QED) is 0.103. The minimum atomic E-state index is -2.49. The van der Waals surface area contributed by atoms with Crippen molar-refractivity contribution in [2.75, 3.05) is 27.1 Å². The molecule has 3 aliphatic rings. The molecule has 12 nitrogen and oxygen atoms in total. The molecule has 2 N–H and O–H groups in total. The van der Waals surface area contributed by atoms with Crippen LogP contribution in [0.4, 0.5) is 0 Å². The Kier molecular flexibility index (Phi) is 11.3. The third-order valence-electron chi connectivity index (χ3n) is 8.60. The van der Waals surface area contributed by atoms with E-state index in [-0.39, 0.29) is 26.4 Å². The highest BCUT2D eigenvalue weighted by Gasteiger charge is 2.74. The molecular formula is C26H42Cl3NO11Si. The van der Waals surface area contributed by atoms with Crippen LogP contribution < -0.4 is 5.32 Å². The van der Waals surface area contributed by atoms with E-state index in [1.165, 1.54) is 7.11 Å². The van der Waals surface area contributed by atoms with Gasteiger partial charge < -0.3 is 43.3 Å². The molecule has 0 aromatic heterocycles. The molecule has 2 saturated heterocycles. The van der Waals surface area contributed by atoms with Crippen molar-refractivity contribution in [3.8, 4) is 0 Å². The lowest BCUT2D eigenvalue weighted by Gasteiger charge is -2.62. The first-order chi connectivity index (χ1) is 19.4. The van der Waals surface area contributed by atoms with E-state index in [1.54, 1.807) is 13.8 Å². The Morgan fingerprint density at radius 2 is 1.79 bits per heavy atom. The summed E-state index contributed by atoms with van der Waals surface area (Å²) in [5.74, 6) is -5.04. The van der Waals surface area contributed by atoms with E-state index in [0.29, 0.717) is 18.1 Å². The Labute approximate surface area is 262 Å². The Morgan fingerprint density at radius 1 is 1.17 bits per heavy atom. The highest BCUT2D eigenvalue weighted by atomic mass is 35.6. The summed E-state index contributed by atoms with van der Waals surface area (Å²) < 4.78 is 38.6. The fourth-order valence-corrected chi connectivity index (χ4v) is 9.40. The van der Waals surface area contributed by atoms with Gasteiger partial charge in [0.05, 0.1) is 36.9 Å². The number of methoxy groups -OCH3 is 1. The molecule has 2 bridgehead atoms. The van der Waals surface area contributed by atoms with Gasteiger partial charge in [-0.15, -0.1) is 0 Å². The molecule has 16 heteroatoms. The molecule has 2 aliphatic heterocycles. The average Bonchev–Trinajstić information content (AvgIpc) is 3.26. The van der Waals surface area contributed by atoms with E-state index < -0.39 is 77.2 Å². The van der Waals surface area contributed by atoms with Crippen molar-refractivity contribution in [1.82, 2.24) is 5.32 Å². The van der Waals surface area contributed by atoms with Crippen molar-refractivity contribution < 1.29 is 52.3 Å². The molecule has 3 rings (SSSR count). The Hall–Kier alpha value is -0.743. The molecule has 242 valence electrons. The van der Waals surface area contributed by atoms with Gasteiger partial charge in [0.1, 0.15) is 18.5 Å². The number of nitrogens with one attached hydrogen (secondary N) is 1. The molecule has 0 spiro atoms. The maximum absolute atomic E-state index is 13.6. The summed E-state index contributed by atoms with van der Waals surface area (Å²) in [6, 6.07) is 2.15. The number of carbonyl (C=O) groups is 3. The highest BCUT2D eigenvalue weighted by molar-refractivity contribution is 6.76. The molecular weight excluding hydrogens is 637 g/mol. The van der Waals surface area contributed by atoms with Gasteiger partial charge in [0.15, 0.2) is 14.1 Å². The summed E-state index contributed by atoms with van der Waals surface area (Å²) in [7, 11) is -1.06. The first kappa shape index (κ1) is 35.7. The Morgan fingerprint density at radius 3 is 2.26 bits per heavy atom. The molecule has 2 heterocycles. The van der Waals surface area contributed by atoms with E-state index in [1.807, 2.05) is 20.8 Å². The average molecular weight is 679 g/mol. The SMILES string of the molecule is CC[Si](CC)(CC)OC1C[C@]2(NC(=O)C(Cl)(Cl)Cl)[C@@H]([C@H]3COC(C)(C)O3)[C@@H](OC(=O)[C@H]2OC(C)=O)[C@@]1(O)COCOC. The van der Waals surface area contributed by atoms with Gasteiger partial charge in [0.2, 0.25) is 6.10 Å². The number of aliphatic hydroxyl groups is 1. The summed E-state index contributed by atoms with van der Waals surface area (Å²) in [5.41, 5.74) is -3.77. The van der Waals surface area contributed by atoms with Crippen LogP contribution in [0, 0.1) is 5.92 Å². The van der Waals surface area contributed by atoms with Gasteiger partial charge in [-0.1, -0.05) is 55.6 Å². The molecule has 1 saturated carbocycles. The summed E-state index contributed by atoms with van der Waals surface area (Å²) in [6.07, 6.45) is -5.30. The van der Waals surface area contributed by atoms with Gasteiger partial charge in [-0.3, -0.25) is 9.59 Å². The first-order valence-corrected chi connectivity index (χ1v) is 17.7. The zero-order chi connectivity index (χ0) is 31.7. The van der Waals surface area contributed by atoms with Crippen molar-refractivity contribution in [2.24, 2.45) is 5.92 Å². The number of halogens is 3. The minimum Gasteiger partial charge on any atom is -0.456 e. The molecule has 0 radical (unpaired) electrons. The Balaban J connectivity index is 2.30. The number of hydrogen-bond donors (Lipinski definition) is 2. The normalized spacial score (nSPS) is 34.5. The fourth-order valence-electron chi connectivity index (χ4n) is 6.37. The highest BCUT2D eigenvalue weighted by Crippen LogP contribution is 2.53. The predicted octanol–water partition coefficient (Wildman–Crippen LogP) is 2.98. The largest absolute Gasteiger partial charge is 0.456 e. The fraction of sp³-hybridized carbons (Fsp3) is 0.885. The van der Waals surface area contributed by atoms with Crippen molar-refractivity contribution in [3.63, 3.8) is 0 Å². The maximum atomic E-state index is 13.6. The monoisotopic (exact) mass is 677 g/mol. The second-order valence-electron chi connectivity index (χ2n) is 11.5. The van der Waals surface area contributed by atoms with Crippen LogP contribution in [0.3, 0.4) is 0 Å². The van der Waals surface area contributed by atoms with Crippen LogP contribution in [0.1, 0.15) is 48.0 Å². The van der Waals surface area contributed by atoms with Crippen molar-refractivity contribution in [1.29, 1.82) is 0 Å². The van der Waals surface area contributed by atoms with E-state index in [2.05, 4.69) is 5.32 Å². The van der Waals surface area contributed by atoms with Gasteiger partial charge in [-0.05, 0) is 32.0 Å². The number of ether oxygens (including phenoxy) is 6. The molecule has 3 fully saturated rings. The number of alkyl halides is 3. The third kappa shape index (κ3) is 7.05. The lowest BCUT2D eigenvalue weighted by molar-refractivity contribution is -0.289. The first-order valence-electron chi connectivity index (χ1n) is 14.0. The van der Waals surface area contributed by atoms with E-state index in [4.69, 9.17) is 67.7 Å². The number of rotatable bonds is 12. The molecule has 1 amide bonds. The number of amides is 1. The van der Waals surface area contributed by atoms with Crippen LogP contribution in [-0.2, 0) is 47.2 Å². The summed E-state index contributed by atoms with van der Waals surface area (Å²) in [4.78, 5) is 39.3. The Bertz CT molecular complexity index is 1000. The number of carbonyl (C=O) groups excluding carboxylic acids is 3. The van der Waals surface area contributed by atoms with Crippen molar-refractivity contribution >= 4 is 61.0 Å². The van der Waals surface area contributed by atoms with Crippen LogP contribution in [0.2, 0.25) is 18.1 Å². The third-order valence-corrected chi connectivity index (χ3v) is 13.8. The van der Waals surface area contributed by atoms with Gasteiger partial charge in [-0.25, -0.2) is 4.79 Å². The van der Waals surface area contributed by atoms with E-state index >= 15 is 0 Å². The molecule has 1 aliphatic carbocycles. The maximum Gasteiger partial charge on any atom is 0.350 e. The van der Waals surface area contributed by atoms with Crippen LogP contribution in [-0.4, -0.2) is 104 Å². The van der Waals surface area contributed by atoms with Crippen LogP contribution in [0.5, 0.6) is 0 Å². The molecule has 0 aromatic rings. The summed E-state index contributed by atoms with van der Waals surface area (Å²) in [5, 5.41) is 15.2. The van der Waals surface area contributed by atoms with Gasteiger partial charge in [0.25, 0.3) is 9.70 Å². The lowest BCUT2D eigenvalue weighted by Crippen LogP contribution is -2.83. The zero-order valence-electron chi connectivity index (χ0n) is 25.0. The number of hydrogen-bond acceptors (Lipinski definition) is 11. The number of esters is 2. The second-order valence-corrected chi connectivity index (χ2v) is 18.5. The number of fused-ring (bicyclic) bond motifs is 2. The van der Waals surface area contributed by atoms with Gasteiger partial charge in [-0.2, -0.15) is 0 Å². The minimum absolute atomic E-state index is 0.0119. The van der Waals surface area contributed by atoms with Gasteiger partial charge in [0, 0.05) is 20.5 Å². The molecule has 7 atom stereocenters. The van der Waals surface area contributed by atoms with E-state index in [9.17, 15) is 19.5 Å². The smallest absolute Gasteiger partial charge is 0.350 e. The van der Waals surface area contributed by atoms with Crippen LogP contribution in [0.25, 0.3) is 0 Å². The van der Waals surface area contributed by atoms with Crippen LogP contribution >= 0.6 is 34.8 Å².